The number of hydrogen-bond donors (Lipinski definition) is 0. The van der Waals surface area contributed by atoms with Gasteiger partial charge >= 0.3 is 0 Å². The highest BCUT2D eigenvalue weighted by Gasteiger charge is 2.18. The molecule has 2 aliphatic rings. The minimum absolute atomic E-state index is 1.16. The smallest absolute Gasteiger partial charge is 0.0367 e. The molecule has 2 heterocycles. The standard InChI is InChI=1S/C25H36N4/c1-4-10-24(11-5-1)28-20-16-26(17-21-28)14-8-3-9-15-27-18-22-29(23-19-27)25-12-6-2-7-13-25/h1-2,4-7,10-13H,3,8-9,14-23H2. The molecule has 0 aliphatic carbocycles. The second kappa shape index (κ2) is 10.7. The van der Waals surface area contributed by atoms with Gasteiger partial charge in [0.1, 0.15) is 0 Å². The fraction of sp³-hybridized carbons (Fsp3) is 0.520. The number of nitrogens with zero attached hydrogens (tertiary/aromatic N) is 4. The summed E-state index contributed by atoms with van der Waals surface area (Å²) >= 11 is 0. The van der Waals surface area contributed by atoms with Crippen molar-refractivity contribution < 1.29 is 0 Å². The summed E-state index contributed by atoms with van der Waals surface area (Å²) in [5, 5.41) is 0. The second-order valence-corrected chi connectivity index (χ2v) is 8.39. The Labute approximate surface area is 176 Å². The van der Waals surface area contributed by atoms with Crippen LogP contribution in [0.3, 0.4) is 0 Å². The molecule has 2 saturated heterocycles. The molecule has 2 aliphatic heterocycles. The Bertz CT molecular complexity index is 628. The molecule has 0 radical (unpaired) electrons. The molecule has 0 N–H and O–H groups in total. The van der Waals surface area contributed by atoms with Gasteiger partial charge in [-0.25, -0.2) is 0 Å². The molecule has 2 aromatic rings. The number of unbranched alkanes of at least 4 members (excludes halogenated alkanes) is 2. The van der Waals surface area contributed by atoms with Crippen LogP contribution in [0.5, 0.6) is 0 Å². The first-order chi connectivity index (χ1) is 14.4. The third kappa shape index (κ3) is 5.97. The molecule has 0 saturated carbocycles. The van der Waals surface area contributed by atoms with Crippen molar-refractivity contribution in [2.45, 2.75) is 19.3 Å². The first-order valence-electron chi connectivity index (χ1n) is 11.4. The molecule has 156 valence electrons. The third-order valence-electron chi connectivity index (χ3n) is 6.44. The molecule has 4 heteroatoms. The molecule has 0 spiro atoms. The lowest BCUT2D eigenvalue weighted by Gasteiger charge is -2.36. The third-order valence-corrected chi connectivity index (χ3v) is 6.44. The molecular weight excluding hydrogens is 356 g/mol. The number of anilines is 2. The van der Waals surface area contributed by atoms with E-state index in [4.69, 9.17) is 0 Å². The zero-order valence-corrected chi connectivity index (χ0v) is 17.8. The van der Waals surface area contributed by atoms with Crippen LogP contribution in [0.4, 0.5) is 11.4 Å². The van der Waals surface area contributed by atoms with Crippen molar-refractivity contribution in [3.8, 4) is 0 Å². The zero-order chi connectivity index (χ0) is 19.7. The van der Waals surface area contributed by atoms with Gasteiger partial charge < -0.3 is 9.80 Å². The molecule has 0 aromatic heterocycles. The zero-order valence-electron chi connectivity index (χ0n) is 17.8. The van der Waals surface area contributed by atoms with E-state index in [1.54, 1.807) is 0 Å². The highest BCUT2D eigenvalue weighted by molar-refractivity contribution is 5.47. The summed E-state index contributed by atoms with van der Waals surface area (Å²) in [6.45, 7) is 12.0. The maximum absolute atomic E-state index is 2.65. The maximum Gasteiger partial charge on any atom is 0.0367 e. The van der Waals surface area contributed by atoms with E-state index in [0.717, 1.165) is 26.2 Å². The number of piperazine rings is 2. The van der Waals surface area contributed by atoms with E-state index in [0.29, 0.717) is 0 Å². The summed E-state index contributed by atoms with van der Waals surface area (Å²) in [5.74, 6) is 0. The maximum atomic E-state index is 2.65. The second-order valence-electron chi connectivity index (χ2n) is 8.39. The Morgan fingerprint density at radius 2 is 0.828 bits per heavy atom. The summed E-state index contributed by atoms with van der Waals surface area (Å²) in [6, 6.07) is 21.7. The Hall–Kier alpha value is -2.04. The Kier molecular flexibility index (Phi) is 7.44. The predicted molar refractivity (Wildman–Crippen MR) is 124 cm³/mol. The highest BCUT2D eigenvalue weighted by atomic mass is 15.3. The summed E-state index contributed by atoms with van der Waals surface area (Å²) < 4.78 is 0. The number of benzene rings is 2. The van der Waals surface area contributed by atoms with Crippen molar-refractivity contribution >= 4 is 11.4 Å². The molecule has 0 amide bonds. The molecule has 2 aromatic carbocycles. The quantitative estimate of drug-likeness (QED) is 0.634. The van der Waals surface area contributed by atoms with Gasteiger partial charge in [0, 0.05) is 63.7 Å². The summed E-state index contributed by atoms with van der Waals surface area (Å²) in [4.78, 5) is 10.3. The number of rotatable bonds is 8. The van der Waals surface area contributed by atoms with Crippen LogP contribution in [-0.4, -0.2) is 75.2 Å². The molecule has 4 nitrogen and oxygen atoms in total. The topological polar surface area (TPSA) is 13.0 Å². The molecule has 0 atom stereocenters. The lowest BCUT2D eigenvalue weighted by Crippen LogP contribution is -2.47. The van der Waals surface area contributed by atoms with Gasteiger partial charge in [0.05, 0.1) is 0 Å². The molecule has 0 bridgehead atoms. The van der Waals surface area contributed by atoms with Gasteiger partial charge in [-0.05, 0) is 50.2 Å². The fourth-order valence-corrected chi connectivity index (χ4v) is 4.58. The number of para-hydroxylation sites is 2. The van der Waals surface area contributed by atoms with Crippen LogP contribution in [0.1, 0.15) is 19.3 Å². The first-order valence-corrected chi connectivity index (χ1v) is 11.4. The average Bonchev–Trinajstić information content (AvgIpc) is 2.81. The Morgan fingerprint density at radius 1 is 0.448 bits per heavy atom. The highest BCUT2D eigenvalue weighted by Crippen LogP contribution is 2.17. The van der Waals surface area contributed by atoms with Crippen molar-refractivity contribution in [3.63, 3.8) is 0 Å². The van der Waals surface area contributed by atoms with Crippen molar-refractivity contribution in [2.75, 3.05) is 75.2 Å². The van der Waals surface area contributed by atoms with E-state index >= 15 is 0 Å². The van der Waals surface area contributed by atoms with Crippen LogP contribution in [-0.2, 0) is 0 Å². The molecule has 0 unspecified atom stereocenters. The van der Waals surface area contributed by atoms with Gasteiger partial charge in [-0.3, -0.25) is 9.80 Å². The van der Waals surface area contributed by atoms with Crippen molar-refractivity contribution in [1.82, 2.24) is 9.80 Å². The van der Waals surface area contributed by atoms with Crippen LogP contribution in [0.25, 0.3) is 0 Å². The van der Waals surface area contributed by atoms with Gasteiger partial charge in [-0.1, -0.05) is 42.8 Å². The molecule has 2 fully saturated rings. The van der Waals surface area contributed by atoms with E-state index in [9.17, 15) is 0 Å². The van der Waals surface area contributed by atoms with Crippen molar-refractivity contribution in [3.05, 3.63) is 60.7 Å². The van der Waals surface area contributed by atoms with Gasteiger partial charge in [-0.2, -0.15) is 0 Å². The van der Waals surface area contributed by atoms with E-state index in [1.807, 2.05) is 0 Å². The fourth-order valence-electron chi connectivity index (χ4n) is 4.58. The Balaban J connectivity index is 1.05. The monoisotopic (exact) mass is 392 g/mol. The minimum Gasteiger partial charge on any atom is -0.369 e. The van der Waals surface area contributed by atoms with Crippen molar-refractivity contribution in [2.24, 2.45) is 0 Å². The Morgan fingerprint density at radius 3 is 1.21 bits per heavy atom. The van der Waals surface area contributed by atoms with Gasteiger partial charge in [-0.15, -0.1) is 0 Å². The average molecular weight is 393 g/mol. The normalized spacial score (nSPS) is 18.9. The van der Waals surface area contributed by atoms with Crippen LogP contribution >= 0.6 is 0 Å². The largest absolute Gasteiger partial charge is 0.369 e. The van der Waals surface area contributed by atoms with Crippen LogP contribution in [0.15, 0.2) is 60.7 Å². The van der Waals surface area contributed by atoms with Crippen LogP contribution in [0, 0.1) is 0 Å². The SMILES string of the molecule is c1ccc(N2CCN(CCCCCN3CCN(c4ccccc4)CC3)CC2)cc1. The van der Waals surface area contributed by atoms with E-state index in [1.165, 1.54) is 69.9 Å². The van der Waals surface area contributed by atoms with E-state index in [2.05, 4.69) is 80.3 Å². The van der Waals surface area contributed by atoms with Crippen molar-refractivity contribution in [1.29, 1.82) is 0 Å². The van der Waals surface area contributed by atoms with Gasteiger partial charge in [0.15, 0.2) is 0 Å². The van der Waals surface area contributed by atoms with E-state index in [-0.39, 0.29) is 0 Å². The minimum atomic E-state index is 1.16. The summed E-state index contributed by atoms with van der Waals surface area (Å²) in [7, 11) is 0. The summed E-state index contributed by atoms with van der Waals surface area (Å²) in [5.41, 5.74) is 2.75. The molecule has 29 heavy (non-hydrogen) atoms. The van der Waals surface area contributed by atoms with E-state index < -0.39 is 0 Å². The lowest BCUT2D eigenvalue weighted by atomic mass is 10.2. The predicted octanol–water partition coefficient (Wildman–Crippen LogP) is 3.80. The van der Waals surface area contributed by atoms with Crippen LogP contribution in [0.2, 0.25) is 0 Å². The van der Waals surface area contributed by atoms with Crippen LogP contribution < -0.4 is 9.80 Å². The molecule has 4 rings (SSSR count). The number of hydrogen-bond acceptors (Lipinski definition) is 4. The molecular formula is C25H36N4. The van der Waals surface area contributed by atoms with Gasteiger partial charge in [0.2, 0.25) is 0 Å². The first kappa shape index (κ1) is 20.2. The summed E-state index contributed by atoms with van der Waals surface area (Å²) in [6.07, 6.45) is 4.04. The lowest BCUT2D eigenvalue weighted by molar-refractivity contribution is 0.236. The van der Waals surface area contributed by atoms with Gasteiger partial charge in [0.25, 0.3) is 0 Å².